The molecule has 1 amide bonds. The minimum Gasteiger partial charge on any atom is -0.509 e. The first-order valence-corrected chi connectivity index (χ1v) is 20.4. The van der Waals surface area contributed by atoms with E-state index in [-0.39, 0.29) is 34.1 Å². The molecule has 2 aliphatic heterocycles. The van der Waals surface area contributed by atoms with E-state index in [0.717, 1.165) is 91.2 Å². The maximum Gasteiger partial charge on any atom is 0.317 e. The highest BCUT2D eigenvalue weighted by Gasteiger charge is 2.50. The molecule has 2 heterocycles. The number of carbonyl (C=O) groups is 4. The molecule has 6 rings (SSSR count). The number of carbonyl (C=O) groups excluding carboxylic acids is 4. The highest BCUT2D eigenvalue weighted by Crippen LogP contribution is 2.44. The molecular weight excluding hydrogens is 759 g/mol. The molecule has 0 radical (unpaired) electrons. The summed E-state index contributed by atoms with van der Waals surface area (Å²) < 4.78 is 5.76. The van der Waals surface area contributed by atoms with Gasteiger partial charge in [0.1, 0.15) is 11.3 Å². The number of nitrogens with one attached hydrogen (secondary N) is 2. The molecule has 0 unspecified atom stereocenters. The molecule has 0 atom stereocenters. The number of halogens is 3. The van der Waals surface area contributed by atoms with Gasteiger partial charge in [-0.05, 0) is 143 Å². The van der Waals surface area contributed by atoms with E-state index in [1.54, 1.807) is 20.8 Å². The van der Waals surface area contributed by atoms with Gasteiger partial charge in [0.15, 0.2) is 5.78 Å². The van der Waals surface area contributed by atoms with Crippen molar-refractivity contribution in [2.45, 2.75) is 145 Å². The molecule has 2 saturated carbocycles. The first-order chi connectivity index (χ1) is 25.4. The Kier molecular flexibility index (Phi) is 13.7. The SMILES string of the molecule is CC(C)(C)C(=O)Cl.Cc1cc(Cl)cc(C)c1C1=C(O)C2(CCCCC2)NC1=O.Cc1cc(Cl)cc(C)c1C1=C(OC(=O)C(C)(C)C)NC2(CCCCC2)C1=O. The molecular formula is C44H57Cl3N2O6. The molecule has 0 saturated heterocycles. The summed E-state index contributed by atoms with van der Waals surface area (Å²) in [6.45, 7) is 18.5. The molecule has 2 aromatic rings. The Morgan fingerprint density at radius 2 is 1.04 bits per heavy atom. The number of aliphatic hydroxyl groups is 1. The van der Waals surface area contributed by atoms with Crippen LogP contribution in [0.1, 0.15) is 139 Å². The van der Waals surface area contributed by atoms with Crippen LogP contribution in [0.25, 0.3) is 11.1 Å². The highest BCUT2D eigenvalue weighted by atomic mass is 35.5. The van der Waals surface area contributed by atoms with Crippen molar-refractivity contribution < 1.29 is 29.0 Å². The number of Topliss-reactive ketones (excluding diaryl/α,β-unsaturated/α-hetero) is 1. The van der Waals surface area contributed by atoms with Crippen molar-refractivity contribution in [1.29, 1.82) is 0 Å². The average molecular weight is 816 g/mol. The van der Waals surface area contributed by atoms with E-state index in [4.69, 9.17) is 39.5 Å². The molecule has 2 fully saturated rings. The molecule has 55 heavy (non-hydrogen) atoms. The lowest BCUT2D eigenvalue weighted by Gasteiger charge is -2.33. The number of benzene rings is 2. The lowest BCUT2D eigenvalue weighted by atomic mass is 9.77. The Bertz CT molecular complexity index is 1870. The molecule has 0 bridgehead atoms. The van der Waals surface area contributed by atoms with Crippen molar-refractivity contribution in [2.24, 2.45) is 10.8 Å². The maximum atomic E-state index is 13.6. The van der Waals surface area contributed by atoms with Crippen LogP contribution in [0.2, 0.25) is 10.0 Å². The molecule has 8 nitrogen and oxygen atoms in total. The number of aryl methyl sites for hydroxylation is 4. The first-order valence-electron chi connectivity index (χ1n) is 19.2. The summed E-state index contributed by atoms with van der Waals surface area (Å²) in [6, 6.07) is 7.37. The smallest absolute Gasteiger partial charge is 0.317 e. The fraction of sp³-hybridized carbons (Fsp3) is 0.545. The molecule has 0 aromatic heterocycles. The van der Waals surface area contributed by atoms with Crippen LogP contribution in [0.5, 0.6) is 0 Å². The second-order valence-electron chi connectivity index (χ2n) is 17.6. The summed E-state index contributed by atoms with van der Waals surface area (Å²) in [5.74, 6) is 0.0406. The fourth-order valence-corrected chi connectivity index (χ4v) is 8.44. The normalized spacial score (nSPS) is 19.0. The number of ketones is 1. The summed E-state index contributed by atoms with van der Waals surface area (Å²) in [6.07, 6.45) is 9.51. The quantitative estimate of drug-likeness (QED) is 0.208. The Labute approximate surface area is 341 Å². The van der Waals surface area contributed by atoms with Crippen molar-refractivity contribution in [3.8, 4) is 0 Å². The van der Waals surface area contributed by atoms with Gasteiger partial charge in [0.05, 0.1) is 22.1 Å². The van der Waals surface area contributed by atoms with Crippen LogP contribution in [0, 0.1) is 38.5 Å². The average Bonchev–Trinajstić information content (AvgIpc) is 3.44. The molecule has 11 heteroatoms. The van der Waals surface area contributed by atoms with Gasteiger partial charge < -0.3 is 20.5 Å². The summed E-state index contributed by atoms with van der Waals surface area (Å²) in [4.78, 5) is 48.9. The predicted octanol–water partition coefficient (Wildman–Crippen LogP) is 10.9. The van der Waals surface area contributed by atoms with Crippen molar-refractivity contribution in [3.63, 3.8) is 0 Å². The summed E-state index contributed by atoms with van der Waals surface area (Å²) in [5.41, 5.74) is 3.98. The standard InChI is InChI=1S/C22H28ClNO3.C17H20ClNO2.C5H9ClO/c1-13-11-15(23)12-14(2)16(13)17-18(25)22(9-7-6-8-10-22)24-19(17)27-20(26)21(3,4)5;1-10-8-12(18)9-11(2)13(10)14-15(20)17(19-16(14)21)6-4-3-5-7-17;1-5(2,3)4(6)7/h11-12,24H,6-10H2,1-5H3;8-9,20H,3-7H2,1-2H3,(H,19,21);1-3H3. The first kappa shape index (κ1) is 44.4. The predicted molar refractivity (Wildman–Crippen MR) is 222 cm³/mol. The van der Waals surface area contributed by atoms with Gasteiger partial charge in [-0.3, -0.25) is 19.2 Å². The van der Waals surface area contributed by atoms with Gasteiger partial charge in [0.25, 0.3) is 5.91 Å². The Morgan fingerprint density at radius 1 is 0.655 bits per heavy atom. The number of hydrogen-bond acceptors (Lipinski definition) is 7. The molecule has 2 spiro atoms. The van der Waals surface area contributed by atoms with E-state index in [9.17, 15) is 24.3 Å². The van der Waals surface area contributed by atoms with Gasteiger partial charge in [-0.15, -0.1) is 0 Å². The monoisotopic (exact) mass is 814 g/mol. The van der Waals surface area contributed by atoms with E-state index in [0.29, 0.717) is 27.1 Å². The van der Waals surface area contributed by atoms with Gasteiger partial charge in [0.2, 0.25) is 11.1 Å². The zero-order valence-electron chi connectivity index (χ0n) is 34.0. The van der Waals surface area contributed by atoms with Gasteiger partial charge in [-0.1, -0.05) is 82.5 Å². The molecule has 2 aromatic carbocycles. The minimum atomic E-state index is -0.657. The van der Waals surface area contributed by atoms with Gasteiger partial charge >= 0.3 is 5.97 Å². The third kappa shape index (κ3) is 9.80. The lowest BCUT2D eigenvalue weighted by molar-refractivity contribution is -0.149. The second kappa shape index (κ2) is 17.0. The molecule has 2 aliphatic carbocycles. The zero-order chi connectivity index (χ0) is 41.3. The number of rotatable bonds is 3. The van der Waals surface area contributed by atoms with Crippen molar-refractivity contribution >= 4 is 68.9 Å². The summed E-state index contributed by atoms with van der Waals surface area (Å²) in [7, 11) is 0. The molecule has 3 N–H and O–H groups in total. The number of amides is 1. The topological polar surface area (TPSA) is 122 Å². The third-order valence-electron chi connectivity index (χ3n) is 10.8. The van der Waals surface area contributed by atoms with Gasteiger partial charge in [-0.2, -0.15) is 0 Å². The number of esters is 1. The Hall–Kier alpha value is -3.33. The number of aliphatic hydroxyl groups excluding tert-OH is 1. The Morgan fingerprint density at radius 3 is 1.42 bits per heavy atom. The van der Waals surface area contributed by atoms with Crippen LogP contribution in [0.4, 0.5) is 0 Å². The van der Waals surface area contributed by atoms with E-state index >= 15 is 0 Å². The Balaban J connectivity index is 0.000000213. The fourth-order valence-electron chi connectivity index (χ4n) is 7.78. The van der Waals surface area contributed by atoms with Crippen molar-refractivity contribution in [2.75, 3.05) is 0 Å². The summed E-state index contributed by atoms with van der Waals surface area (Å²) >= 11 is 17.4. The van der Waals surface area contributed by atoms with E-state index in [2.05, 4.69) is 10.6 Å². The van der Waals surface area contributed by atoms with Crippen LogP contribution >= 0.6 is 34.8 Å². The van der Waals surface area contributed by atoms with E-state index in [1.807, 2.05) is 72.7 Å². The highest BCUT2D eigenvalue weighted by molar-refractivity contribution is 6.64. The van der Waals surface area contributed by atoms with Crippen LogP contribution < -0.4 is 10.6 Å². The maximum absolute atomic E-state index is 13.6. The lowest BCUT2D eigenvalue weighted by Crippen LogP contribution is -2.48. The third-order valence-corrected chi connectivity index (χ3v) is 11.8. The minimum absolute atomic E-state index is 0.0347. The number of ether oxygens (including phenoxy) is 1. The van der Waals surface area contributed by atoms with Crippen LogP contribution in [-0.4, -0.2) is 39.1 Å². The molecule has 4 aliphatic rings. The van der Waals surface area contributed by atoms with Crippen LogP contribution in [0.3, 0.4) is 0 Å². The number of hydrogen-bond donors (Lipinski definition) is 3. The van der Waals surface area contributed by atoms with Crippen molar-refractivity contribution in [1.82, 2.24) is 10.6 Å². The molecule has 300 valence electrons. The van der Waals surface area contributed by atoms with Gasteiger partial charge in [0, 0.05) is 15.5 Å². The van der Waals surface area contributed by atoms with E-state index in [1.165, 1.54) is 6.42 Å². The second-order valence-corrected chi connectivity index (χ2v) is 18.8. The van der Waals surface area contributed by atoms with Crippen molar-refractivity contribution in [3.05, 3.63) is 79.3 Å². The zero-order valence-corrected chi connectivity index (χ0v) is 36.3. The van der Waals surface area contributed by atoms with Gasteiger partial charge in [-0.25, -0.2) is 0 Å². The summed E-state index contributed by atoms with van der Waals surface area (Å²) in [5, 5.41) is 18.1. The van der Waals surface area contributed by atoms with Crippen LogP contribution in [-0.2, 0) is 23.9 Å². The van der Waals surface area contributed by atoms with Crippen LogP contribution in [0.15, 0.2) is 35.9 Å². The van der Waals surface area contributed by atoms with E-state index < -0.39 is 16.5 Å². The largest absolute Gasteiger partial charge is 0.509 e.